The normalized spacial score (nSPS) is 10.0. The summed E-state index contributed by atoms with van der Waals surface area (Å²) in [5.41, 5.74) is 6.16. The minimum Gasteiger partial charge on any atom is -0.497 e. The molecule has 1 heterocycles. The van der Waals surface area contributed by atoms with Crippen LogP contribution in [0.5, 0.6) is 51.7 Å². The zero-order valence-electron chi connectivity index (χ0n) is 45.0. The standard InChI is InChI=1S/C24H24N6O.C18H18O7.C17H15NO5/c1-16-6-4-8-19(14-16)26-23-28-22(25-18-10-12-21(31-3)13-11-18)29-24(30-23)27-20-9-5-7-17(2)15-20;1-21-14-10-16(23-3)15(22-2)9-13(14)18(20)25-12-7-5-11(6-8-12)17(19)24-4;1-20-14-9-16(22-3)15(21-2)8-13(14)17(19)23-12-6-4-11(10-18)5-7-12/h4-15H,1-3H3,(H3,25,26,27,28,29,30);5-10H,1-4H3;4-9H,1-3H3. The zero-order valence-corrected chi connectivity index (χ0v) is 45.0. The molecular formula is C59H57N7O13. The van der Waals surface area contributed by atoms with Gasteiger partial charge in [-0.3, -0.25) is 0 Å². The van der Waals surface area contributed by atoms with Crippen LogP contribution in [0.15, 0.2) is 146 Å². The van der Waals surface area contributed by atoms with Gasteiger partial charge in [-0.15, -0.1) is 0 Å². The fourth-order valence-corrected chi connectivity index (χ4v) is 7.13. The Bertz CT molecular complexity index is 3340. The summed E-state index contributed by atoms with van der Waals surface area (Å²) >= 11 is 0. The molecule has 20 heteroatoms. The third-order valence-corrected chi connectivity index (χ3v) is 11.1. The Kier molecular flexibility index (Phi) is 20.7. The maximum atomic E-state index is 12.4. The Morgan fingerprint density at radius 3 is 1.15 bits per heavy atom. The van der Waals surface area contributed by atoms with Crippen LogP contribution >= 0.6 is 0 Å². The average molecular weight is 1070 g/mol. The second kappa shape index (κ2) is 28.4. The SMILES string of the molecule is COC(=O)c1ccc(OC(=O)c2cc(OC)c(OC)cc2OC)cc1.COc1cc(OC)c(C(=O)Oc2ccc(C#N)cc2)cc1OC.COc1ccc(Nc2nc(Nc3cccc(C)c3)nc(Nc3cccc(C)c3)n2)cc1. The van der Waals surface area contributed by atoms with Gasteiger partial charge in [-0.1, -0.05) is 24.3 Å². The van der Waals surface area contributed by atoms with Crippen LogP contribution in [0.4, 0.5) is 34.9 Å². The number of aryl methyl sites for hydroxylation is 2. The number of anilines is 6. The van der Waals surface area contributed by atoms with E-state index in [9.17, 15) is 14.4 Å². The number of ether oxygens (including phenoxy) is 10. The Morgan fingerprint density at radius 1 is 0.405 bits per heavy atom. The monoisotopic (exact) mass is 1070 g/mol. The van der Waals surface area contributed by atoms with Gasteiger partial charge in [-0.05, 0) is 122 Å². The van der Waals surface area contributed by atoms with Gasteiger partial charge >= 0.3 is 17.9 Å². The van der Waals surface area contributed by atoms with Gasteiger partial charge in [-0.25, -0.2) is 14.4 Å². The molecule has 0 unspecified atom stereocenters. The number of benzene rings is 7. The molecule has 0 spiro atoms. The first-order chi connectivity index (χ1) is 38.2. The molecule has 0 saturated carbocycles. The highest BCUT2D eigenvalue weighted by Crippen LogP contribution is 2.37. The first-order valence-electron chi connectivity index (χ1n) is 23.8. The summed E-state index contributed by atoms with van der Waals surface area (Å²) in [4.78, 5) is 49.8. The molecule has 8 aromatic rings. The summed E-state index contributed by atoms with van der Waals surface area (Å²) in [6.07, 6.45) is 0. The largest absolute Gasteiger partial charge is 0.497 e. The van der Waals surface area contributed by atoms with E-state index < -0.39 is 17.9 Å². The van der Waals surface area contributed by atoms with Crippen molar-refractivity contribution < 1.29 is 61.8 Å². The molecule has 8 rings (SSSR count). The number of carbonyl (C=O) groups is 3. The molecule has 0 aliphatic heterocycles. The lowest BCUT2D eigenvalue weighted by atomic mass is 10.1. The molecule has 79 heavy (non-hydrogen) atoms. The number of nitriles is 1. The summed E-state index contributed by atoms with van der Waals surface area (Å²) in [6, 6.07) is 43.9. The number of hydrogen-bond acceptors (Lipinski definition) is 20. The molecule has 0 atom stereocenters. The van der Waals surface area contributed by atoms with Crippen LogP contribution in [-0.2, 0) is 4.74 Å². The molecule has 0 bridgehead atoms. The molecule has 0 radical (unpaired) electrons. The van der Waals surface area contributed by atoms with Crippen molar-refractivity contribution in [3.8, 4) is 57.8 Å². The molecule has 0 fully saturated rings. The molecule has 7 aromatic carbocycles. The van der Waals surface area contributed by atoms with Crippen LogP contribution < -0.4 is 58.6 Å². The lowest BCUT2D eigenvalue weighted by Crippen LogP contribution is -2.11. The van der Waals surface area contributed by atoms with Crippen LogP contribution in [-0.4, -0.2) is 89.7 Å². The van der Waals surface area contributed by atoms with Crippen molar-refractivity contribution in [1.82, 2.24) is 15.0 Å². The van der Waals surface area contributed by atoms with Gasteiger partial charge in [0.2, 0.25) is 17.8 Å². The van der Waals surface area contributed by atoms with E-state index in [1.165, 1.54) is 92.2 Å². The number of rotatable bonds is 18. The predicted octanol–water partition coefficient (Wildman–Crippen LogP) is 11.2. The van der Waals surface area contributed by atoms with Gasteiger partial charge in [0, 0.05) is 41.3 Å². The van der Waals surface area contributed by atoms with Crippen LogP contribution in [0.3, 0.4) is 0 Å². The minimum atomic E-state index is -0.636. The highest BCUT2D eigenvalue weighted by atomic mass is 16.6. The summed E-state index contributed by atoms with van der Waals surface area (Å²) < 4.78 is 51.6. The smallest absolute Gasteiger partial charge is 0.347 e. The average Bonchev–Trinajstić information content (AvgIpc) is 3.49. The Morgan fingerprint density at radius 2 is 0.785 bits per heavy atom. The third-order valence-electron chi connectivity index (χ3n) is 11.1. The molecule has 3 N–H and O–H groups in total. The van der Waals surface area contributed by atoms with E-state index in [-0.39, 0.29) is 22.6 Å². The fraction of sp³-hybridized carbons (Fsp3) is 0.169. The fourth-order valence-electron chi connectivity index (χ4n) is 7.13. The van der Waals surface area contributed by atoms with E-state index in [0.29, 0.717) is 63.5 Å². The maximum absolute atomic E-state index is 12.4. The molecule has 20 nitrogen and oxygen atoms in total. The number of esters is 3. The van der Waals surface area contributed by atoms with Crippen LogP contribution in [0.25, 0.3) is 0 Å². The number of nitrogens with one attached hydrogen (secondary N) is 3. The molecule has 0 saturated heterocycles. The Balaban J connectivity index is 0.000000194. The van der Waals surface area contributed by atoms with Crippen molar-refractivity contribution in [2.24, 2.45) is 0 Å². The van der Waals surface area contributed by atoms with E-state index in [1.807, 2.05) is 92.7 Å². The van der Waals surface area contributed by atoms with E-state index in [2.05, 4.69) is 35.6 Å². The molecule has 0 aliphatic carbocycles. The van der Waals surface area contributed by atoms with E-state index in [4.69, 9.17) is 47.9 Å². The van der Waals surface area contributed by atoms with Crippen LogP contribution in [0.2, 0.25) is 0 Å². The number of hydrogen-bond donors (Lipinski definition) is 3. The second-order valence-electron chi connectivity index (χ2n) is 16.4. The molecule has 0 amide bonds. The molecule has 406 valence electrons. The van der Waals surface area contributed by atoms with Crippen LogP contribution in [0.1, 0.15) is 47.8 Å². The van der Waals surface area contributed by atoms with Crippen molar-refractivity contribution in [2.75, 3.05) is 72.8 Å². The van der Waals surface area contributed by atoms with Crippen molar-refractivity contribution in [3.05, 3.63) is 179 Å². The summed E-state index contributed by atoms with van der Waals surface area (Å²) in [6.45, 7) is 4.08. The van der Waals surface area contributed by atoms with Gasteiger partial charge in [-0.2, -0.15) is 20.2 Å². The molecular weight excluding hydrogens is 1010 g/mol. The first-order valence-corrected chi connectivity index (χ1v) is 23.8. The van der Waals surface area contributed by atoms with Gasteiger partial charge in [0.15, 0.2) is 23.0 Å². The Hall–Kier alpha value is -10.6. The van der Waals surface area contributed by atoms with Gasteiger partial charge in [0.05, 0.1) is 74.1 Å². The van der Waals surface area contributed by atoms with Gasteiger partial charge in [0.25, 0.3) is 0 Å². The quantitative estimate of drug-likeness (QED) is 0.0534. The minimum absolute atomic E-state index is 0.178. The molecule has 0 aliphatic rings. The number of nitrogens with zero attached hydrogens (tertiary/aromatic N) is 4. The summed E-state index contributed by atoms with van der Waals surface area (Å²) in [5, 5.41) is 18.5. The van der Waals surface area contributed by atoms with Crippen molar-refractivity contribution in [1.29, 1.82) is 5.26 Å². The maximum Gasteiger partial charge on any atom is 0.347 e. The third kappa shape index (κ3) is 16.2. The predicted molar refractivity (Wildman–Crippen MR) is 296 cm³/mol. The van der Waals surface area contributed by atoms with Crippen molar-refractivity contribution >= 4 is 52.8 Å². The number of aromatic nitrogens is 3. The summed E-state index contributed by atoms with van der Waals surface area (Å²) in [5.74, 6) is 3.19. The lowest BCUT2D eigenvalue weighted by molar-refractivity contribution is 0.0600. The van der Waals surface area contributed by atoms with Crippen LogP contribution in [0, 0.1) is 25.2 Å². The topological polar surface area (TPSA) is 242 Å². The van der Waals surface area contributed by atoms with E-state index in [1.54, 1.807) is 37.4 Å². The second-order valence-corrected chi connectivity index (χ2v) is 16.4. The first kappa shape index (κ1) is 57.7. The summed E-state index contributed by atoms with van der Waals surface area (Å²) in [7, 11) is 11.7. The number of methoxy groups -OCH3 is 8. The lowest BCUT2D eigenvalue weighted by Gasteiger charge is -2.13. The highest BCUT2D eigenvalue weighted by molar-refractivity contribution is 5.96. The van der Waals surface area contributed by atoms with Crippen molar-refractivity contribution in [2.45, 2.75) is 13.8 Å². The number of carbonyl (C=O) groups excluding carboxylic acids is 3. The zero-order chi connectivity index (χ0) is 56.8. The van der Waals surface area contributed by atoms with Gasteiger partial charge < -0.3 is 63.3 Å². The van der Waals surface area contributed by atoms with E-state index in [0.717, 1.165) is 33.9 Å². The van der Waals surface area contributed by atoms with E-state index >= 15 is 0 Å². The Labute approximate surface area is 456 Å². The van der Waals surface area contributed by atoms with Crippen molar-refractivity contribution in [3.63, 3.8) is 0 Å². The highest BCUT2D eigenvalue weighted by Gasteiger charge is 2.22. The van der Waals surface area contributed by atoms with Gasteiger partial charge in [0.1, 0.15) is 39.9 Å². The molecule has 1 aromatic heterocycles.